The summed E-state index contributed by atoms with van der Waals surface area (Å²) in [5.74, 6) is -0.570. The van der Waals surface area contributed by atoms with Crippen molar-refractivity contribution >= 4 is 17.4 Å². The van der Waals surface area contributed by atoms with Crippen molar-refractivity contribution in [1.29, 1.82) is 0 Å². The number of amidine groups is 1. The molecule has 0 spiro atoms. The maximum atomic E-state index is 11.8. The van der Waals surface area contributed by atoms with E-state index in [-0.39, 0.29) is 5.84 Å². The molecule has 1 aromatic rings. The third-order valence-electron chi connectivity index (χ3n) is 2.13. The molecule has 0 aliphatic rings. The lowest BCUT2D eigenvalue weighted by Gasteiger charge is -2.21. The summed E-state index contributed by atoms with van der Waals surface area (Å²) in [6, 6.07) is 0. The minimum atomic E-state index is -1.11. The van der Waals surface area contributed by atoms with E-state index in [0.29, 0.717) is 5.69 Å². The van der Waals surface area contributed by atoms with Gasteiger partial charge < -0.3 is 16.3 Å². The number of nitrogens with zero attached hydrogens (tertiary/aromatic N) is 3. The average Bonchev–Trinajstić information content (AvgIpc) is 2.29. The van der Waals surface area contributed by atoms with Crippen molar-refractivity contribution in [2.75, 3.05) is 5.32 Å². The topological polar surface area (TPSA) is 113 Å². The van der Waals surface area contributed by atoms with Gasteiger partial charge in [-0.25, -0.2) is 9.97 Å². The van der Waals surface area contributed by atoms with Crippen molar-refractivity contribution in [2.45, 2.75) is 13.8 Å². The van der Waals surface area contributed by atoms with Gasteiger partial charge in [-0.3, -0.25) is 4.79 Å². The molecule has 7 nitrogen and oxygen atoms in total. The summed E-state index contributed by atoms with van der Waals surface area (Å²) in [6.07, 6.45) is 4.25. The summed E-state index contributed by atoms with van der Waals surface area (Å²) in [6.45, 7) is 3.09. The monoisotopic (exact) mass is 223 g/mol. The second kappa shape index (κ2) is 4.56. The first-order chi connectivity index (χ1) is 7.48. The van der Waals surface area contributed by atoms with Crippen molar-refractivity contribution in [2.24, 2.45) is 16.3 Å². The molecule has 0 unspecified atom stereocenters. The van der Waals surface area contributed by atoms with Crippen LogP contribution in [0.2, 0.25) is 0 Å². The zero-order chi connectivity index (χ0) is 12.2. The number of carbonyl (C=O) groups is 1. The van der Waals surface area contributed by atoms with Gasteiger partial charge in [0, 0.05) is 0 Å². The van der Waals surface area contributed by atoms with Crippen LogP contribution in [0.25, 0.3) is 0 Å². The zero-order valence-electron chi connectivity index (χ0n) is 9.01. The fourth-order valence-corrected chi connectivity index (χ4v) is 0.892. The Morgan fingerprint density at radius 1 is 1.50 bits per heavy atom. The van der Waals surface area contributed by atoms with Gasteiger partial charge >= 0.3 is 0 Å². The highest BCUT2D eigenvalue weighted by molar-refractivity contribution is 6.11. The van der Waals surface area contributed by atoms with Crippen LogP contribution in [0.15, 0.2) is 23.9 Å². The predicted octanol–water partition coefficient (Wildman–Crippen LogP) is 0.188. The van der Waals surface area contributed by atoms with Crippen LogP contribution in [0.4, 0.5) is 5.69 Å². The van der Waals surface area contributed by atoms with Gasteiger partial charge in [0.25, 0.3) is 0 Å². The molecule has 1 rings (SSSR count). The van der Waals surface area contributed by atoms with Crippen molar-refractivity contribution in [3.63, 3.8) is 0 Å². The first kappa shape index (κ1) is 11.9. The molecule has 4 N–H and O–H groups in total. The van der Waals surface area contributed by atoms with E-state index in [1.165, 1.54) is 18.7 Å². The molecule has 1 heterocycles. The third-order valence-corrected chi connectivity index (χ3v) is 2.13. The van der Waals surface area contributed by atoms with Gasteiger partial charge in [0.05, 0.1) is 18.1 Å². The van der Waals surface area contributed by atoms with Crippen LogP contribution in [-0.4, -0.2) is 26.9 Å². The number of oxime groups is 1. The summed E-state index contributed by atoms with van der Waals surface area (Å²) in [5, 5.41) is 13.9. The van der Waals surface area contributed by atoms with Gasteiger partial charge in [-0.1, -0.05) is 5.16 Å². The number of hydrogen-bond donors (Lipinski definition) is 3. The number of aromatic nitrogens is 2. The normalized spacial score (nSPS) is 12.2. The first-order valence-electron chi connectivity index (χ1n) is 4.53. The minimum absolute atomic E-state index is 0.165. The maximum absolute atomic E-state index is 11.8. The van der Waals surface area contributed by atoms with Crippen molar-refractivity contribution in [1.82, 2.24) is 9.97 Å². The van der Waals surface area contributed by atoms with E-state index in [0.717, 1.165) is 0 Å². The smallest absolute Gasteiger partial charge is 0.237 e. The van der Waals surface area contributed by atoms with Crippen molar-refractivity contribution < 1.29 is 10.0 Å². The fourth-order valence-electron chi connectivity index (χ4n) is 0.892. The Kier molecular flexibility index (Phi) is 3.39. The van der Waals surface area contributed by atoms with Crippen molar-refractivity contribution in [3.8, 4) is 0 Å². The van der Waals surface area contributed by atoms with E-state index in [4.69, 9.17) is 10.9 Å². The van der Waals surface area contributed by atoms with E-state index in [1.54, 1.807) is 13.8 Å². The molecule has 16 heavy (non-hydrogen) atoms. The molecule has 0 atom stereocenters. The number of amides is 1. The Morgan fingerprint density at radius 2 is 2.06 bits per heavy atom. The lowest BCUT2D eigenvalue weighted by Crippen LogP contribution is -2.42. The average molecular weight is 223 g/mol. The number of carbonyl (C=O) groups excluding carboxylic acids is 1. The lowest BCUT2D eigenvalue weighted by atomic mass is 9.91. The zero-order valence-corrected chi connectivity index (χ0v) is 9.01. The van der Waals surface area contributed by atoms with Gasteiger partial charge in [-0.2, -0.15) is 0 Å². The maximum Gasteiger partial charge on any atom is 0.237 e. The molecular weight excluding hydrogens is 210 g/mol. The number of anilines is 1. The Balaban J connectivity index is 2.81. The van der Waals surface area contributed by atoms with E-state index in [2.05, 4.69) is 20.4 Å². The highest BCUT2D eigenvalue weighted by Gasteiger charge is 2.32. The quantitative estimate of drug-likeness (QED) is 0.293. The molecule has 0 bridgehead atoms. The van der Waals surface area contributed by atoms with E-state index in [1.807, 2.05) is 0 Å². The highest BCUT2D eigenvalue weighted by Crippen LogP contribution is 2.17. The van der Waals surface area contributed by atoms with Crippen LogP contribution < -0.4 is 11.1 Å². The predicted molar refractivity (Wildman–Crippen MR) is 57.9 cm³/mol. The SMILES string of the molecule is CC(C)(C(=O)Nc1cncnc1)C(N)=NO. The Labute approximate surface area is 92.4 Å². The van der Waals surface area contributed by atoms with Gasteiger partial charge in [-0.05, 0) is 13.8 Å². The largest absolute Gasteiger partial charge is 0.409 e. The van der Waals surface area contributed by atoms with E-state index < -0.39 is 11.3 Å². The molecular formula is C9H13N5O2. The van der Waals surface area contributed by atoms with Gasteiger partial charge in [0.1, 0.15) is 11.7 Å². The van der Waals surface area contributed by atoms with Crippen molar-refractivity contribution in [3.05, 3.63) is 18.7 Å². The molecule has 86 valence electrons. The summed E-state index contributed by atoms with van der Waals surface area (Å²) >= 11 is 0. The summed E-state index contributed by atoms with van der Waals surface area (Å²) in [5.41, 5.74) is 4.76. The van der Waals surface area contributed by atoms with Gasteiger partial charge in [0.2, 0.25) is 5.91 Å². The van der Waals surface area contributed by atoms with Crippen LogP contribution in [0.5, 0.6) is 0 Å². The summed E-state index contributed by atoms with van der Waals surface area (Å²) < 4.78 is 0. The van der Waals surface area contributed by atoms with Crippen LogP contribution in [0.1, 0.15) is 13.8 Å². The molecule has 1 aromatic heterocycles. The number of nitrogens with two attached hydrogens (primary N) is 1. The number of rotatable bonds is 3. The third kappa shape index (κ3) is 2.44. The molecule has 0 aliphatic carbocycles. The second-order valence-corrected chi connectivity index (χ2v) is 3.69. The van der Waals surface area contributed by atoms with Crippen LogP contribution in [0.3, 0.4) is 0 Å². The number of nitrogens with one attached hydrogen (secondary N) is 1. The molecule has 0 aliphatic heterocycles. The summed E-state index contributed by atoms with van der Waals surface area (Å²) in [7, 11) is 0. The van der Waals surface area contributed by atoms with Gasteiger partial charge in [0.15, 0.2) is 5.84 Å². The summed E-state index contributed by atoms with van der Waals surface area (Å²) in [4.78, 5) is 19.3. The molecule has 0 aromatic carbocycles. The Bertz CT molecular complexity index is 402. The Morgan fingerprint density at radius 3 is 2.56 bits per heavy atom. The minimum Gasteiger partial charge on any atom is -0.409 e. The molecule has 0 radical (unpaired) electrons. The number of hydrogen-bond acceptors (Lipinski definition) is 5. The van der Waals surface area contributed by atoms with E-state index >= 15 is 0 Å². The van der Waals surface area contributed by atoms with Crippen LogP contribution >= 0.6 is 0 Å². The fraction of sp³-hybridized carbons (Fsp3) is 0.333. The molecule has 0 saturated carbocycles. The molecule has 7 heteroatoms. The van der Waals surface area contributed by atoms with Crippen LogP contribution in [-0.2, 0) is 4.79 Å². The Hall–Kier alpha value is -2.18. The molecule has 1 amide bonds. The molecule has 0 saturated heterocycles. The van der Waals surface area contributed by atoms with Gasteiger partial charge in [-0.15, -0.1) is 0 Å². The molecule has 0 fully saturated rings. The van der Waals surface area contributed by atoms with E-state index in [9.17, 15) is 4.79 Å². The van der Waals surface area contributed by atoms with Crippen LogP contribution in [0, 0.1) is 5.41 Å². The first-order valence-corrected chi connectivity index (χ1v) is 4.53. The standard InChI is InChI=1S/C9H13N5O2/c1-9(2,7(10)14-16)8(15)13-6-3-11-5-12-4-6/h3-5,16H,1-2H3,(H2,10,14)(H,13,15). The lowest BCUT2D eigenvalue weighted by molar-refractivity contribution is -0.121. The highest BCUT2D eigenvalue weighted by atomic mass is 16.4. The second-order valence-electron chi connectivity index (χ2n) is 3.69.